The molecule has 0 aliphatic carbocycles. The quantitative estimate of drug-likeness (QED) is 0.899. The predicted octanol–water partition coefficient (Wildman–Crippen LogP) is 2.56. The molecular weight excluding hydrogens is 240 g/mol. The molecule has 2 heterocycles. The standard InChI is InChI=1S/C12H16O4S/c1-8-7-17-11(12(13)14)10(8)16-6-9-2-4-15-5-3-9/h7,9H,2-6H2,1H3,(H,13,14). The average molecular weight is 256 g/mol. The molecule has 1 fully saturated rings. The van der Waals surface area contributed by atoms with Crippen molar-refractivity contribution in [2.45, 2.75) is 19.8 Å². The third kappa shape index (κ3) is 2.98. The Hall–Kier alpha value is -1.07. The van der Waals surface area contributed by atoms with Gasteiger partial charge in [-0.2, -0.15) is 0 Å². The smallest absolute Gasteiger partial charge is 0.349 e. The zero-order chi connectivity index (χ0) is 12.3. The number of aryl methyl sites for hydroxylation is 1. The molecule has 1 N–H and O–H groups in total. The third-order valence-corrected chi connectivity index (χ3v) is 3.98. The van der Waals surface area contributed by atoms with Gasteiger partial charge in [0, 0.05) is 18.8 Å². The number of thiophene rings is 1. The number of carbonyl (C=O) groups is 1. The first kappa shape index (κ1) is 12.4. The second-order valence-corrected chi connectivity index (χ2v) is 5.13. The summed E-state index contributed by atoms with van der Waals surface area (Å²) in [5.74, 6) is 0.101. The summed E-state index contributed by atoms with van der Waals surface area (Å²) in [6.07, 6.45) is 1.98. The number of carboxylic acid groups (broad SMARTS) is 1. The highest BCUT2D eigenvalue weighted by Gasteiger charge is 2.19. The van der Waals surface area contributed by atoms with E-state index < -0.39 is 5.97 Å². The first-order valence-electron chi connectivity index (χ1n) is 5.70. The minimum Gasteiger partial charge on any atom is -0.491 e. The molecule has 0 saturated carbocycles. The van der Waals surface area contributed by atoms with Gasteiger partial charge in [-0.05, 0) is 31.1 Å². The van der Waals surface area contributed by atoms with Crippen LogP contribution in [0.5, 0.6) is 5.75 Å². The highest BCUT2D eigenvalue weighted by molar-refractivity contribution is 7.12. The first-order valence-corrected chi connectivity index (χ1v) is 6.58. The number of hydrogen-bond donors (Lipinski definition) is 1. The van der Waals surface area contributed by atoms with Gasteiger partial charge in [0.1, 0.15) is 5.75 Å². The van der Waals surface area contributed by atoms with Gasteiger partial charge in [-0.25, -0.2) is 4.79 Å². The fraction of sp³-hybridized carbons (Fsp3) is 0.583. The monoisotopic (exact) mass is 256 g/mol. The Morgan fingerprint density at radius 2 is 2.29 bits per heavy atom. The molecule has 1 saturated heterocycles. The highest BCUT2D eigenvalue weighted by atomic mass is 32.1. The largest absolute Gasteiger partial charge is 0.491 e. The van der Waals surface area contributed by atoms with Gasteiger partial charge in [-0.3, -0.25) is 0 Å². The van der Waals surface area contributed by atoms with E-state index in [0.717, 1.165) is 31.6 Å². The van der Waals surface area contributed by atoms with E-state index in [-0.39, 0.29) is 0 Å². The molecule has 1 aromatic heterocycles. The van der Waals surface area contributed by atoms with Crippen LogP contribution >= 0.6 is 11.3 Å². The molecule has 1 aliphatic heterocycles. The van der Waals surface area contributed by atoms with Crippen molar-refractivity contribution in [3.8, 4) is 5.75 Å². The molecule has 17 heavy (non-hydrogen) atoms. The maximum Gasteiger partial charge on any atom is 0.349 e. The molecule has 0 aromatic carbocycles. The van der Waals surface area contributed by atoms with E-state index in [1.165, 1.54) is 11.3 Å². The Morgan fingerprint density at radius 3 is 2.94 bits per heavy atom. The molecule has 0 spiro atoms. The Kier molecular flexibility index (Phi) is 4.02. The first-order chi connectivity index (χ1) is 8.18. The average Bonchev–Trinajstić information content (AvgIpc) is 2.69. The van der Waals surface area contributed by atoms with Crippen molar-refractivity contribution >= 4 is 17.3 Å². The Morgan fingerprint density at radius 1 is 1.59 bits per heavy atom. The molecule has 2 rings (SSSR count). The molecule has 0 bridgehead atoms. The molecule has 0 amide bonds. The van der Waals surface area contributed by atoms with Crippen LogP contribution in [0.1, 0.15) is 28.1 Å². The van der Waals surface area contributed by atoms with Gasteiger partial charge in [0.05, 0.1) is 6.61 Å². The van der Waals surface area contributed by atoms with Gasteiger partial charge >= 0.3 is 5.97 Å². The van der Waals surface area contributed by atoms with Crippen molar-refractivity contribution in [3.63, 3.8) is 0 Å². The maximum absolute atomic E-state index is 11.0. The van der Waals surface area contributed by atoms with Crippen LogP contribution < -0.4 is 4.74 Å². The van der Waals surface area contributed by atoms with Crippen LogP contribution in [0.25, 0.3) is 0 Å². The summed E-state index contributed by atoms with van der Waals surface area (Å²) < 4.78 is 11.0. The molecule has 1 aromatic rings. The van der Waals surface area contributed by atoms with Crippen LogP contribution in [-0.4, -0.2) is 30.9 Å². The van der Waals surface area contributed by atoms with Crippen LogP contribution in [0.4, 0.5) is 0 Å². The molecule has 5 heteroatoms. The van der Waals surface area contributed by atoms with Crippen LogP contribution in [0, 0.1) is 12.8 Å². The molecule has 1 aliphatic rings. The fourth-order valence-corrected chi connectivity index (χ4v) is 2.70. The normalized spacial score (nSPS) is 17.0. The molecule has 4 nitrogen and oxygen atoms in total. The summed E-state index contributed by atoms with van der Waals surface area (Å²) >= 11 is 1.22. The van der Waals surface area contributed by atoms with E-state index in [9.17, 15) is 4.79 Å². The minimum absolute atomic E-state index is 0.301. The van der Waals surface area contributed by atoms with Gasteiger partial charge < -0.3 is 14.6 Å². The van der Waals surface area contributed by atoms with Crippen LogP contribution in [0.3, 0.4) is 0 Å². The second kappa shape index (κ2) is 5.51. The lowest BCUT2D eigenvalue weighted by atomic mass is 10.0. The second-order valence-electron chi connectivity index (χ2n) is 4.25. The number of hydrogen-bond acceptors (Lipinski definition) is 4. The fourth-order valence-electron chi connectivity index (χ4n) is 1.87. The highest BCUT2D eigenvalue weighted by Crippen LogP contribution is 2.31. The van der Waals surface area contributed by atoms with Crippen molar-refractivity contribution < 1.29 is 19.4 Å². The lowest BCUT2D eigenvalue weighted by Gasteiger charge is -2.22. The zero-order valence-electron chi connectivity index (χ0n) is 9.77. The molecular formula is C12H16O4S. The molecule has 0 unspecified atom stereocenters. The van der Waals surface area contributed by atoms with Crippen molar-refractivity contribution in [2.75, 3.05) is 19.8 Å². The predicted molar refractivity (Wildman–Crippen MR) is 65.1 cm³/mol. The van der Waals surface area contributed by atoms with Gasteiger partial charge in [0.2, 0.25) is 0 Å². The summed E-state index contributed by atoms with van der Waals surface area (Å²) in [5.41, 5.74) is 0.902. The maximum atomic E-state index is 11.0. The van der Waals surface area contributed by atoms with Crippen LogP contribution in [0.15, 0.2) is 5.38 Å². The zero-order valence-corrected chi connectivity index (χ0v) is 10.6. The van der Waals surface area contributed by atoms with Gasteiger partial charge in [0.25, 0.3) is 0 Å². The van der Waals surface area contributed by atoms with Gasteiger partial charge in [-0.15, -0.1) is 11.3 Å². The summed E-state index contributed by atoms with van der Waals surface area (Å²) in [5, 5.41) is 10.8. The van der Waals surface area contributed by atoms with Crippen molar-refractivity contribution in [1.29, 1.82) is 0 Å². The van der Waals surface area contributed by atoms with Gasteiger partial charge in [0.15, 0.2) is 4.88 Å². The number of carboxylic acids is 1. The topological polar surface area (TPSA) is 55.8 Å². The summed E-state index contributed by atoms with van der Waals surface area (Å²) in [4.78, 5) is 11.3. The van der Waals surface area contributed by atoms with Crippen molar-refractivity contribution in [3.05, 3.63) is 15.8 Å². The third-order valence-electron chi connectivity index (χ3n) is 2.92. The Labute approximate surface area is 104 Å². The van der Waals surface area contributed by atoms with Crippen LogP contribution in [-0.2, 0) is 4.74 Å². The molecule has 0 radical (unpaired) electrons. The van der Waals surface area contributed by atoms with E-state index in [4.69, 9.17) is 14.6 Å². The number of ether oxygens (including phenoxy) is 2. The Balaban J connectivity index is 1.97. The van der Waals surface area contributed by atoms with E-state index in [0.29, 0.717) is 23.2 Å². The summed E-state index contributed by atoms with van der Waals surface area (Å²) in [6.45, 7) is 4.02. The lowest BCUT2D eigenvalue weighted by molar-refractivity contribution is 0.0490. The lowest BCUT2D eigenvalue weighted by Crippen LogP contribution is -2.21. The number of aromatic carboxylic acids is 1. The van der Waals surface area contributed by atoms with Crippen molar-refractivity contribution in [2.24, 2.45) is 5.92 Å². The summed E-state index contributed by atoms with van der Waals surface area (Å²) in [6, 6.07) is 0. The number of rotatable bonds is 4. The molecule has 94 valence electrons. The van der Waals surface area contributed by atoms with E-state index in [2.05, 4.69) is 0 Å². The van der Waals surface area contributed by atoms with Crippen LogP contribution in [0.2, 0.25) is 0 Å². The summed E-state index contributed by atoms with van der Waals surface area (Å²) in [7, 11) is 0. The van der Waals surface area contributed by atoms with E-state index in [1.54, 1.807) is 0 Å². The van der Waals surface area contributed by atoms with E-state index in [1.807, 2.05) is 12.3 Å². The van der Waals surface area contributed by atoms with Crippen molar-refractivity contribution in [1.82, 2.24) is 0 Å². The van der Waals surface area contributed by atoms with E-state index >= 15 is 0 Å². The minimum atomic E-state index is -0.912. The van der Waals surface area contributed by atoms with Gasteiger partial charge in [-0.1, -0.05) is 0 Å². The Bertz CT molecular complexity index is 393. The molecule has 0 atom stereocenters. The SMILES string of the molecule is Cc1csc(C(=O)O)c1OCC1CCOCC1.